The minimum atomic E-state index is -0.175. The molecule has 0 bridgehead atoms. The van der Waals surface area contributed by atoms with Crippen molar-refractivity contribution in [3.63, 3.8) is 0 Å². The standard InChI is InChI=1S/C15H13ClFN3/c16-9-15-19-13-10-18-7-5-14(13)20(15)8-6-11-3-1-2-4-12(11)17/h1-5,7,10H,6,8-9H2. The Morgan fingerprint density at radius 2 is 2.05 bits per heavy atom. The van der Waals surface area contributed by atoms with E-state index >= 15 is 0 Å². The van der Waals surface area contributed by atoms with Gasteiger partial charge < -0.3 is 4.57 Å². The van der Waals surface area contributed by atoms with Crippen molar-refractivity contribution in [3.05, 3.63) is 59.9 Å². The maximum atomic E-state index is 13.7. The van der Waals surface area contributed by atoms with E-state index in [1.54, 1.807) is 24.5 Å². The predicted octanol–water partition coefficient (Wildman–Crippen LogP) is 3.55. The molecule has 0 aliphatic carbocycles. The molecule has 0 fully saturated rings. The van der Waals surface area contributed by atoms with Gasteiger partial charge in [0.1, 0.15) is 17.2 Å². The van der Waals surface area contributed by atoms with E-state index in [-0.39, 0.29) is 5.82 Å². The SMILES string of the molecule is Fc1ccccc1CCn1c(CCl)nc2cnccc21. The summed E-state index contributed by atoms with van der Waals surface area (Å²) < 4.78 is 15.7. The zero-order valence-corrected chi connectivity index (χ0v) is 11.5. The molecule has 1 aromatic carbocycles. The molecule has 0 amide bonds. The average molecular weight is 290 g/mol. The van der Waals surface area contributed by atoms with Crippen LogP contribution >= 0.6 is 11.6 Å². The highest BCUT2D eigenvalue weighted by atomic mass is 35.5. The second-order valence-corrected chi connectivity index (χ2v) is 4.79. The number of fused-ring (bicyclic) bond motifs is 1. The first-order valence-electron chi connectivity index (χ1n) is 6.38. The Balaban J connectivity index is 1.92. The average Bonchev–Trinajstić information content (AvgIpc) is 2.84. The third-order valence-electron chi connectivity index (χ3n) is 3.31. The molecular formula is C15H13ClFN3. The van der Waals surface area contributed by atoms with Gasteiger partial charge in [-0.25, -0.2) is 9.37 Å². The van der Waals surface area contributed by atoms with Crippen LogP contribution in [0.3, 0.4) is 0 Å². The van der Waals surface area contributed by atoms with Crippen molar-refractivity contribution in [2.24, 2.45) is 0 Å². The summed E-state index contributed by atoms with van der Waals surface area (Å²) in [6.07, 6.45) is 4.04. The lowest BCUT2D eigenvalue weighted by Gasteiger charge is -2.08. The first kappa shape index (κ1) is 13.1. The van der Waals surface area contributed by atoms with Gasteiger partial charge in [-0.3, -0.25) is 4.98 Å². The molecule has 0 spiro atoms. The Kier molecular flexibility index (Phi) is 3.65. The number of hydrogen-bond acceptors (Lipinski definition) is 2. The van der Waals surface area contributed by atoms with Crippen LogP contribution in [-0.4, -0.2) is 14.5 Å². The summed E-state index contributed by atoms with van der Waals surface area (Å²) in [7, 11) is 0. The number of benzene rings is 1. The first-order valence-corrected chi connectivity index (χ1v) is 6.91. The van der Waals surface area contributed by atoms with E-state index in [9.17, 15) is 4.39 Å². The highest BCUT2D eigenvalue weighted by Crippen LogP contribution is 2.18. The largest absolute Gasteiger partial charge is 0.327 e. The molecule has 5 heteroatoms. The molecule has 0 saturated heterocycles. The topological polar surface area (TPSA) is 30.7 Å². The van der Waals surface area contributed by atoms with Crippen molar-refractivity contribution in [2.45, 2.75) is 18.8 Å². The predicted molar refractivity (Wildman–Crippen MR) is 77.2 cm³/mol. The van der Waals surface area contributed by atoms with E-state index in [2.05, 4.69) is 9.97 Å². The number of hydrogen-bond donors (Lipinski definition) is 0. The smallest absolute Gasteiger partial charge is 0.126 e. The number of alkyl halides is 1. The van der Waals surface area contributed by atoms with Gasteiger partial charge in [0.15, 0.2) is 0 Å². The summed E-state index contributed by atoms with van der Waals surface area (Å²) in [6.45, 7) is 0.642. The summed E-state index contributed by atoms with van der Waals surface area (Å²) in [5.41, 5.74) is 2.49. The van der Waals surface area contributed by atoms with Gasteiger partial charge in [-0.1, -0.05) is 18.2 Å². The number of halogens is 2. The fraction of sp³-hybridized carbons (Fsp3) is 0.200. The van der Waals surface area contributed by atoms with Crippen LogP contribution in [-0.2, 0) is 18.8 Å². The minimum Gasteiger partial charge on any atom is -0.327 e. The Bertz CT molecular complexity index is 739. The van der Waals surface area contributed by atoms with Crippen LogP contribution in [0.15, 0.2) is 42.7 Å². The molecule has 0 saturated carbocycles. The molecule has 0 aliphatic heterocycles. The number of aryl methyl sites for hydroxylation is 2. The van der Waals surface area contributed by atoms with Gasteiger partial charge >= 0.3 is 0 Å². The van der Waals surface area contributed by atoms with Crippen molar-refractivity contribution in [2.75, 3.05) is 0 Å². The highest BCUT2D eigenvalue weighted by Gasteiger charge is 2.10. The van der Waals surface area contributed by atoms with Crippen molar-refractivity contribution < 1.29 is 4.39 Å². The highest BCUT2D eigenvalue weighted by molar-refractivity contribution is 6.16. The molecule has 0 unspecified atom stereocenters. The van der Waals surface area contributed by atoms with Crippen LogP contribution < -0.4 is 0 Å². The number of rotatable bonds is 4. The molecule has 0 N–H and O–H groups in total. The van der Waals surface area contributed by atoms with Crippen molar-refractivity contribution in [3.8, 4) is 0 Å². The second-order valence-electron chi connectivity index (χ2n) is 4.52. The van der Waals surface area contributed by atoms with Crippen LogP contribution in [0.2, 0.25) is 0 Å². The lowest BCUT2D eigenvalue weighted by molar-refractivity contribution is 0.593. The molecule has 102 valence electrons. The Hall–Kier alpha value is -1.94. The molecular weight excluding hydrogens is 277 g/mol. The van der Waals surface area contributed by atoms with E-state index in [0.717, 1.165) is 16.9 Å². The third-order valence-corrected chi connectivity index (χ3v) is 3.55. The second kappa shape index (κ2) is 5.59. The number of imidazole rings is 1. The van der Waals surface area contributed by atoms with Gasteiger partial charge in [0.25, 0.3) is 0 Å². The summed E-state index contributed by atoms with van der Waals surface area (Å²) in [5.74, 6) is 0.934. The van der Waals surface area contributed by atoms with Gasteiger partial charge in [-0.2, -0.15) is 0 Å². The molecule has 0 radical (unpaired) electrons. The Morgan fingerprint density at radius 3 is 2.85 bits per heavy atom. The molecule has 3 aromatic rings. The van der Waals surface area contributed by atoms with E-state index in [1.807, 2.05) is 16.7 Å². The van der Waals surface area contributed by atoms with Crippen molar-refractivity contribution in [1.29, 1.82) is 0 Å². The molecule has 20 heavy (non-hydrogen) atoms. The van der Waals surface area contributed by atoms with Gasteiger partial charge in [0.05, 0.1) is 17.6 Å². The van der Waals surface area contributed by atoms with Crippen LogP contribution in [0.1, 0.15) is 11.4 Å². The molecule has 0 atom stereocenters. The van der Waals surface area contributed by atoms with E-state index in [1.165, 1.54) is 6.07 Å². The molecule has 0 aliphatic rings. The monoisotopic (exact) mass is 289 g/mol. The fourth-order valence-corrected chi connectivity index (χ4v) is 2.52. The molecule has 3 rings (SSSR count). The zero-order valence-electron chi connectivity index (χ0n) is 10.8. The maximum Gasteiger partial charge on any atom is 0.126 e. The summed E-state index contributed by atoms with van der Waals surface area (Å²) in [5, 5.41) is 0. The van der Waals surface area contributed by atoms with Gasteiger partial charge in [-0.15, -0.1) is 11.6 Å². The number of pyridine rings is 1. The quantitative estimate of drug-likeness (QED) is 0.688. The number of aromatic nitrogens is 3. The molecule has 2 heterocycles. The summed E-state index contributed by atoms with van der Waals surface area (Å²) in [4.78, 5) is 8.50. The Morgan fingerprint density at radius 1 is 1.20 bits per heavy atom. The van der Waals surface area contributed by atoms with Gasteiger partial charge in [-0.05, 0) is 24.1 Å². The lowest BCUT2D eigenvalue weighted by Crippen LogP contribution is -2.06. The van der Waals surface area contributed by atoms with Gasteiger partial charge in [0, 0.05) is 12.7 Å². The van der Waals surface area contributed by atoms with Gasteiger partial charge in [0.2, 0.25) is 0 Å². The van der Waals surface area contributed by atoms with Crippen LogP contribution in [0.4, 0.5) is 4.39 Å². The van der Waals surface area contributed by atoms with Crippen LogP contribution in [0.25, 0.3) is 11.0 Å². The Labute approximate surface area is 121 Å². The van der Waals surface area contributed by atoms with Crippen LogP contribution in [0.5, 0.6) is 0 Å². The summed E-state index contributed by atoms with van der Waals surface area (Å²) in [6, 6.07) is 8.72. The first-order chi connectivity index (χ1) is 9.79. The zero-order chi connectivity index (χ0) is 13.9. The third kappa shape index (κ3) is 2.39. The lowest BCUT2D eigenvalue weighted by atomic mass is 10.1. The summed E-state index contributed by atoms with van der Waals surface area (Å²) >= 11 is 5.94. The molecule has 3 nitrogen and oxygen atoms in total. The minimum absolute atomic E-state index is 0.175. The van der Waals surface area contributed by atoms with E-state index in [0.29, 0.717) is 24.4 Å². The van der Waals surface area contributed by atoms with E-state index in [4.69, 9.17) is 11.6 Å². The van der Waals surface area contributed by atoms with Crippen molar-refractivity contribution in [1.82, 2.24) is 14.5 Å². The maximum absolute atomic E-state index is 13.7. The number of nitrogens with zero attached hydrogens (tertiary/aromatic N) is 3. The van der Waals surface area contributed by atoms with E-state index < -0.39 is 0 Å². The van der Waals surface area contributed by atoms with Crippen molar-refractivity contribution >= 4 is 22.6 Å². The fourth-order valence-electron chi connectivity index (χ4n) is 2.32. The normalized spacial score (nSPS) is 11.1. The molecule has 2 aromatic heterocycles. The van der Waals surface area contributed by atoms with Crippen LogP contribution in [0, 0.1) is 5.82 Å².